The van der Waals surface area contributed by atoms with Crippen molar-refractivity contribution in [1.29, 1.82) is 0 Å². The molecule has 1 fully saturated rings. The molecular formula is C18H22N4O2. The van der Waals surface area contributed by atoms with E-state index in [1.54, 1.807) is 17.4 Å². The van der Waals surface area contributed by atoms with Gasteiger partial charge in [-0.25, -0.2) is 4.98 Å². The first-order valence-electron chi connectivity index (χ1n) is 8.24. The Labute approximate surface area is 141 Å². The Kier molecular flexibility index (Phi) is 4.93. The summed E-state index contributed by atoms with van der Waals surface area (Å²) in [6.07, 6.45) is 6.52. The Morgan fingerprint density at radius 3 is 2.83 bits per heavy atom. The Morgan fingerprint density at radius 1 is 1.33 bits per heavy atom. The van der Waals surface area contributed by atoms with Crippen LogP contribution < -0.4 is 10.2 Å². The van der Waals surface area contributed by atoms with Crippen molar-refractivity contribution in [3.8, 4) is 0 Å². The standard InChI is InChI=1S/C18H22N4O2/c1-14-3-5-16(6-4-14)22-12-15(11-17(22)23)18(24)20-7-2-9-21-10-8-19-13-21/h3-6,8,10,13,15H,2,7,9,11-12H2,1H3,(H,20,24)/t15-/m0/s1. The van der Waals surface area contributed by atoms with Crippen LogP contribution in [0.5, 0.6) is 0 Å². The van der Waals surface area contributed by atoms with E-state index < -0.39 is 0 Å². The Balaban J connectivity index is 1.47. The molecule has 1 saturated heterocycles. The summed E-state index contributed by atoms with van der Waals surface area (Å²) in [4.78, 5) is 30.2. The van der Waals surface area contributed by atoms with E-state index in [9.17, 15) is 9.59 Å². The van der Waals surface area contributed by atoms with Gasteiger partial charge in [-0.2, -0.15) is 0 Å². The molecule has 1 N–H and O–H groups in total. The topological polar surface area (TPSA) is 67.2 Å². The molecule has 0 spiro atoms. The molecule has 6 heteroatoms. The largest absolute Gasteiger partial charge is 0.356 e. The number of hydrogen-bond acceptors (Lipinski definition) is 3. The van der Waals surface area contributed by atoms with Gasteiger partial charge in [-0.3, -0.25) is 9.59 Å². The van der Waals surface area contributed by atoms with Crippen LogP contribution in [0.4, 0.5) is 5.69 Å². The highest BCUT2D eigenvalue weighted by Crippen LogP contribution is 2.25. The van der Waals surface area contributed by atoms with Crippen LogP contribution in [0.15, 0.2) is 43.0 Å². The number of carbonyl (C=O) groups excluding carboxylic acids is 2. The maximum Gasteiger partial charge on any atom is 0.227 e. The van der Waals surface area contributed by atoms with E-state index >= 15 is 0 Å². The van der Waals surface area contributed by atoms with Crippen molar-refractivity contribution in [3.05, 3.63) is 48.5 Å². The highest BCUT2D eigenvalue weighted by Gasteiger charge is 2.34. The lowest BCUT2D eigenvalue weighted by atomic mass is 10.1. The predicted octanol–water partition coefficient (Wildman–Crippen LogP) is 1.75. The van der Waals surface area contributed by atoms with Crippen LogP contribution in [0.25, 0.3) is 0 Å². The molecular weight excluding hydrogens is 304 g/mol. The first-order valence-corrected chi connectivity index (χ1v) is 8.24. The second-order valence-electron chi connectivity index (χ2n) is 6.19. The summed E-state index contributed by atoms with van der Waals surface area (Å²) in [7, 11) is 0. The van der Waals surface area contributed by atoms with E-state index in [0.29, 0.717) is 13.1 Å². The van der Waals surface area contributed by atoms with Crippen LogP contribution in [0.3, 0.4) is 0 Å². The van der Waals surface area contributed by atoms with Gasteiger partial charge in [-0.05, 0) is 25.5 Å². The first-order chi connectivity index (χ1) is 11.6. The molecule has 1 aromatic heterocycles. The van der Waals surface area contributed by atoms with E-state index in [1.165, 1.54) is 0 Å². The molecule has 0 radical (unpaired) electrons. The van der Waals surface area contributed by atoms with Crippen molar-refractivity contribution in [3.63, 3.8) is 0 Å². The Bertz CT molecular complexity index is 694. The second kappa shape index (κ2) is 7.29. The average molecular weight is 326 g/mol. The molecule has 1 aromatic carbocycles. The van der Waals surface area contributed by atoms with Crippen LogP contribution in [0.2, 0.25) is 0 Å². The maximum atomic E-state index is 12.3. The second-order valence-corrected chi connectivity index (χ2v) is 6.19. The fourth-order valence-electron chi connectivity index (χ4n) is 2.89. The molecule has 3 rings (SSSR count). The van der Waals surface area contributed by atoms with E-state index in [2.05, 4.69) is 10.3 Å². The fraction of sp³-hybridized carbons (Fsp3) is 0.389. The van der Waals surface area contributed by atoms with E-state index in [-0.39, 0.29) is 24.2 Å². The number of anilines is 1. The Morgan fingerprint density at radius 2 is 2.12 bits per heavy atom. The monoisotopic (exact) mass is 326 g/mol. The number of imidazole rings is 1. The lowest BCUT2D eigenvalue weighted by molar-refractivity contribution is -0.126. The summed E-state index contributed by atoms with van der Waals surface area (Å²) in [5, 5.41) is 2.94. The molecule has 24 heavy (non-hydrogen) atoms. The fourth-order valence-corrected chi connectivity index (χ4v) is 2.89. The number of hydrogen-bond donors (Lipinski definition) is 1. The van der Waals surface area contributed by atoms with Crippen LogP contribution in [0.1, 0.15) is 18.4 Å². The molecule has 2 aromatic rings. The van der Waals surface area contributed by atoms with Crippen LogP contribution in [-0.2, 0) is 16.1 Å². The third-order valence-electron chi connectivity index (χ3n) is 4.29. The number of benzene rings is 1. The van der Waals surface area contributed by atoms with Gasteiger partial charge in [-0.15, -0.1) is 0 Å². The van der Waals surface area contributed by atoms with Gasteiger partial charge in [0, 0.05) is 44.1 Å². The zero-order chi connectivity index (χ0) is 16.9. The quantitative estimate of drug-likeness (QED) is 0.823. The third-order valence-corrected chi connectivity index (χ3v) is 4.29. The molecule has 6 nitrogen and oxygen atoms in total. The van der Waals surface area contributed by atoms with Crippen molar-refractivity contribution in [2.45, 2.75) is 26.3 Å². The number of carbonyl (C=O) groups is 2. The normalized spacial score (nSPS) is 17.3. The lowest BCUT2D eigenvalue weighted by Crippen LogP contribution is -2.33. The van der Waals surface area contributed by atoms with Gasteiger partial charge < -0.3 is 14.8 Å². The molecule has 1 aliphatic heterocycles. The zero-order valence-electron chi connectivity index (χ0n) is 13.8. The number of aryl methyl sites for hydroxylation is 2. The van der Waals surface area contributed by atoms with Gasteiger partial charge in [0.2, 0.25) is 11.8 Å². The summed E-state index contributed by atoms with van der Waals surface area (Å²) in [5.41, 5.74) is 2.01. The molecule has 126 valence electrons. The van der Waals surface area contributed by atoms with E-state index in [1.807, 2.05) is 42.0 Å². The maximum absolute atomic E-state index is 12.3. The number of nitrogens with one attached hydrogen (secondary N) is 1. The molecule has 1 aliphatic rings. The van der Waals surface area contributed by atoms with Crippen LogP contribution in [0, 0.1) is 12.8 Å². The van der Waals surface area contributed by atoms with Crippen molar-refractivity contribution < 1.29 is 9.59 Å². The number of rotatable bonds is 6. The summed E-state index contributed by atoms with van der Waals surface area (Å²) in [6, 6.07) is 7.81. The van der Waals surface area contributed by atoms with Gasteiger partial charge >= 0.3 is 0 Å². The van der Waals surface area contributed by atoms with Gasteiger partial charge in [0.15, 0.2) is 0 Å². The molecule has 0 saturated carbocycles. The van der Waals surface area contributed by atoms with Crippen LogP contribution >= 0.6 is 0 Å². The minimum absolute atomic E-state index is 0.0115. The number of amides is 2. The number of nitrogens with zero attached hydrogens (tertiary/aromatic N) is 3. The van der Waals surface area contributed by atoms with Gasteiger partial charge in [0.1, 0.15) is 0 Å². The first kappa shape index (κ1) is 16.2. The Hall–Kier alpha value is -2.63. The highest BCUT2D eigenvalue weighted by molar-refractivity contribution is 6.00. The highest BCUT2D eigenvalue weighted by atomic mass is 16.2. The third kappa shape index (κ3) is 3.82. The van der Waals surface area contributed by atoms with Gasteiger partial charge in [0.05, 0.1) is 12.2 Å². The summed E-state index contributed by atoms with van der Waals surface area (Å²) >= 11 is 0. The molecule has 0 bridgehead atoms. The summed E-state index contributed by atoms with van der Waals surface area (Å²) in [6.45, 7) is 3.89. The van der Waals surface area contributed by atoms with Crippen molar-refractivity contribution in [1.82, 2.24) is 14.9 Å². The predicted molar refractivity (Wildman–Crippen MR) is 91.5 cm³/mol. The minimum Gasteiger partial charge on any atom is -0.356 e. The van der Waals surface area contributed by atoms with Crippen molar-refractivity contribution >= 4 is 17.5 Å². The molecule has 0 aliphatic carbocycles. The van der Waals surface area contributed by atoms with Gasteiger partial charge in [-0.1, -0.05) is 17.7 Å². The smallest absolute Gasteiger partial charge is 0.227 e. The SMILES string of the molecule is Cc1ccc(N2C[C@@H](C(=O)NCCCn3ccnc3)CC2=O)cc1. The molecule has 2 amide bonds. The minimum atomic E-state index is -0.271. The van der Waals surface area contributed by atoms with Crippen LogP contribution in [-0.4, -0.2) is 34.5 Å². The average Bonchev–Trinajstić information content (AvgIpc) is 3.22. The lowest BCUT2D eigenvalue weighted by Gasteiger charge is -2.17. The molecule has 2 heterocycles. The van der Waals surface area contributed by atoms with Crippen molar-refractivity contribution in [2.75, 3.05) is 18.0 Å². The van der Waals surface area contributed by atoms with Gasteiger partial charge in [0.25, 0.3) is 0 Å². The summed E-state index contributed by atoms with van der Waals surface area (Å²) < 4.78 is 1.98. The van der Waals surface area contributed by atoms with E-state index in [4.69, 9.17) is 0 Å². The van der Waals surface area contributed by atoms with E-state index in [0.717, 1.165) is 24.2 Å². The summed E-state index contributed by atoms with van der Waals surface area (Å²) in [5.74, 6) is -0.298. The zero-order valence-corrected chi connectivity index (χ0v) is 13.8. The number of aromatic nitrogens is 2. The molecule has 1 atom stereocenters. The molecule has 0 unspecified atom stereocenters. The van der Waals surface area contributed by atoms with Crippen molar-refractivity contribution in [2.24, 2.45) is 5.92 Å².